The van der Waals surface area contributed by atoms with E-state index in [2.05, 4.69) is 0 Å². The predicted octanol–water partition coefficient (Wildman–Crippen LogP) is 2.94. The van der Waals surface area contributed by atoms with Gasteiger partial charge in [-0.15, -0.1) is 0 Å². The summed E-state index contributed by atoms with van der Waals surface area (Å²) < 4.78 is 0. The topological polar surface area (TPSA) is 98.0 Å². The number of carbonyl (C=O) groups is 1. The van der Waals surface area contributed by atoms with Gasteiger partial charge in [0.05, 0.1) is 0 Å². The Morgan fingerprint density at radius 3 is 1.86 bits per heavy atom. The predicted molar refractivity (Wildman–Crippen MR) is 81.7 cm³/mol. The number of aromatic hydroxyl groups is 4. The highest BCUT2D eigenvalue weighted by molar-refractivity contribution is 6.02. The van der Waals surface area contributed by atoms with Gasteiger partial charge in [-0.25, -0.2) is 0 Å². The number of benzene rings is 2. The second-order valence-corrected chi connectivity index (χ2v) is 5.26. The van der Waals surface area contributed by atoms with Crippen molar-refractivity contribution in [1.82, 2.24) is 0 Å². The van der Waals surface area contributed by atoms with Crippen LogP contribution in [-0.2, 0) is 6.42 Å². The second kappa shape index (κ2) is 5.97. The lowest BCUT2D eigenvalue weighted by Crippen LogP contribution is -2.04. The molecule has 0 saturated carbocycles. The Kier molecular flexibility index (Phi) is 4.26. The number of rotatable bonds is 4. The van der Waals surface area contributed by atoms with Crippen LogP contribution in [0.3, 0.4) is 0 Å². The van der Waals surface area contributed by atoms with E-state index in [4.69, 9.17) is 0 Å². The molecule has 0 bridgehead atoms. The van der Waals surface area contributed by atoms with Gasteiger partial charge in [-0.1, -0.05) is 12.1 Å². The van der Waals surface area contributed by atoms with E-state index in [-0.39, 0.29) is 34.6 Å². The van der Waals surface area contributed by atoms with Crippen LogP contribution in [0.1, 0.15) is 33.5 Å². The van der Waals surface area contributed by atoms with E-state index in [1.807, 2.05) is 0 Å². The maximum atomic E-state index is 12.3. The third kappa shape index (κ3) is 2.83. The molecule has 2 aromatic rings. The summed E-state index contributed by atoms with van der Waals surface area (Å²) in [5.41, 5.74) is 1.04. The summed E-state index contributed by atoms with van der Waals surface area (Å²) in [6.45, 7) is 2.96. The zero-order valence-electron chi connectivity index (χ0n) is 12.4. The van der Waals surface area contributed by atoms with Crippen molar-refractivity contribution in [3.63, 3.8) is 0 Å². The molecule has 0 saturated heterocycles. The minimum absolute atomic E-state index is 0.0928. The van der Waals surface area contributed by atoms with Crippen molar-refractivity contribution in [2.75, 3.05) is 0 Å². The first-order chi connectivity index (χ1) is 10.3. The number of hydrogen-bond acceptors (Lipinski definition) is 5. The van der Waals surface area contributed by atoms with Crippen LogP contribution in [0, 0.1) is 13.8 Å². The van der Waals surface area contributed by atoms with Crippen molar-refractivity contribution < 1.29 is 25.2 Å². The Bertz CT molecular complexity index is 688. The molecule has 5 nitrogen and oxygen atoms in total. The average molecular weight is 302 g/mol. The highest BCUT2D eigenvalue weighted by atomic mass is 16.3. The molecule has 0 aliphatic carbocycles. The number of ketones is 1. The first kappa shape index (κ1) is 15.7. The zero-order valence-corrected chi connectivity index (χ0v) is 12.4. The van der Waals surface area contributed by atoms with E-state index >= 15 is 0 Å². The molecule has 0 unspecified atom stereocenters. The lowest BCUT2D eigenvalue weighted by molar-refractivity contribution is 0.0977. The molecule has 0 aromatic heterocycles. The highest BCUT2D eigenvalue weighted by Gasteiger charge is 2.23. The fourth-order valence-electron chi connectivity index (χ4n) is 2.30. The largest absolute Gasteiger partial charge is 0.508 e. The fraction of sp³-hybridized carbons (Fsp3) is 0.235. The monoisotopic (exact) mass is 302 g/mol. The standard InChI is InChI=1S/C17H18O5/c1-9-15(20)10(2)17(22)14(16(9)21)13(19)8-5-11-3-6-12(18)7-4-11/h3-4,6-7,18,20-22H,5,8H2,1-2H3. The van der Waals surface area contributed by atoms with Crippen molar-refractivity contribution >= 4 is 5.78 Å². The van der Waals surface area contributed by atoms with E-state index < -0.39 is 17.3 Å². The molecule has 2 aromatic carbocycles. The summed E-state index contributed by atoms with van der Waals surface area (Å²) in [5.74, 6) is -1.26. The van der Waals surface area contributed by atoms with Crippen molar-refractivity contribution in [2.24, 2.45) is 0 Å². The van der Waals surface area contributed by atoms with Crippen molar-refractivity contribution in [3.05, 3.63) is 46.5 Å². The molecule has 2 rings (SSSR count). The van der Waals surface area contributed by atoms with Crippen LogP contribution in [0.15, 0.2) is 24.3 Å². The van der Waals surface area contributed by atoms with Crippen LogP contribution in [0.25, 0.3) is 0 Å². The van der Waals surface area contributed by atoms with E-state index in [0.29, 0.717) is 6.42 Å². The Morgan fingerprint density at radius 2 is 1.36 bits per heavy atom. The minimum atomic E-state index is -0.408. The molecule has 22 heavy (non-hydrogen) atoms. The third-order valence-electron chi connectivity index (χ3n) is 3.75. The normalized spacial score (nSPS) is 10.6. The number of phenolic OH excluding ortho intramolecular Hbond substituents is 4. The molecular weight excluding hydrogens is 284 g/mol. The number of Topliss-reactive ketones (excluding diaryl/α,β-unsaturated/α-hetero) is 1. The molecule has 0 aliphatic heterocycles. The van der Waals surface area contributed by atoms with E-state index in [1.54, 1.807) is 12.1 Å². The maximum Gasteiger partial charge on any atom is 0.170 e. The summed E-state index contributed by atoms with van der Waals surface area (Å²) in [6, 6.07) is 6.47. The lowest BCUT2D eigenvalue weighted by Gasteiger charge is -2.13. The Morgan fingerprint density at radius 1 is 0.864 bits per heavy atom. The smallest absolute Gasteiger partial charge is 0.170 e. The van der Waals surface area contributed by atoms with Crippen LogP contribution in [0.4, 0.5) is 0 Å². The quantitative estimate of drug-likeness (QED) is 0.651. The van der Waals surface area contributed by atoms with Crippen LogP contribution >= 0.6 is 0 Å². The van der Waals surface area contributed by atoms with Gasteiger partial charge in [0.15, 0.2) is 5.78 Å². The third-order valence-corrected chi connectivity index (χ3v) is 3.75. The SMILES string of the molecule is Cc1c(O)c(C)c(O)c(C(=O)CCc2ccc(O)cc2)c1O. The summed E-state index contributed by atoms with van der Waals surface area (Å²) in [4.78, 5) is 12.3. The molecule has 5 heteroatoms. The van der Waals surface area contributed by atoms with E-state index in [1.165, 1.54) is 26.0 Å². The summed E-state index contributed by atoms with van der Waals surface area (Å²) in [6.07, 6.45) is 0.506. The first-order valence-electron chi connectivity index (χ1n) is 6.88. The number of hydrogen-bond donors (Lipinski definition) is 4. The van der Waals surface area contributed by atoms with E-state index in [9.17, 15) is 25.2 Å². The summed E-state index contributed by atoms with van der Waals surface area (Å²) in [7, 11) is 0. The maximum absolute atomic E-state index is 12.3. The van der Waals surface area contributed by atoms with Crippen LogP contribution < -0.4 is 0 Å². The molecule has 0 atom stereocenters. The molecule has 0 aliphatic rings. The van der Waals surface area contributed by atoms with Crippen molar-refractivity contribution in [1.29, 1.82) is 0 Å². The minimum Gasteiger partial charge on any atom is -0.508 e. The van der Waals surface area contributed by atoms with Gasteiger partial charge in [-0.3, -0.25) is 4.79 Å². The first-order valence-corrected chi connectivity index (χ1v) is 6.88. The number of aryl methyl sites for hydroxylation is 1. The van der Waals surface area contributed by atoms with Gasteiger partial charge in [0.2, 0.25) is 0 Å². The number of phenols is 4. The van der Waals surface area contributed by atoms with Crippen molar-refractivity contribution in [3.8, 4) is 23.0 Å². The Balaban J connectivity index is 2.25. The molecule has 0 radical (unpaired) electrons. The molecule has 0 spiro atoms. The van der Waals surface area contributed by atoms with Gasteiger partial charge < -0.3 is 20.4 Å². The van der Waals surface area contributed by atoms with Crippen LogP contribution in [-0.4, -0.2) is 26.2 Å². The van der Waals surface area contributed by atoms with Crippen molar-refractivity contribution in [2.45, 2.75) is 26.7 Å². The highest BCUT2D eigenvalue weighted by Crippen LogP contribution is 2.41. The Hall–Kier alpha value is -2.69. The lowest BCUT2D eigenvalue weighted by atomic mass is 9.96. The molecular formula is C17H18O5. The summed E-state index contributed by atoms with van der Waals surface area (Å²) in [5, 5.41) is 39.0. The van der Waals surface area contributed by atoms with Gasteiger partial charge in [0.1, 0.15) is 28.6 Å². The van der Waals surface area contributed by atoms with Gasteiger partial charge in [-0.2, -0.15) is 0 Å². The zero-order chi connectivity index (χ0) is 16.4. The summed E-state index contributed by atoms with van der Waals surface area (Å²) >= 11 is 0. The van der Waals surface area contributed by atoms with E-state index in [0.717, 1.165) is 5.56 Å². The molecule has 116 valence electrons. The molecule has 4 N–H and O–H groups in total. The fourth-order valence-corrected chi connectivity index (χ4v) is 2.30. The van der Waals surface area contributed by atoms with Crippen LogP contribution in [0.2, 0.25) is 0 Å². The molecule has 0 fully saturated rings. The van der Waals surface area contributed by atoms with Gasteiger partial charge in [-0.05, 0) is 38.0 Å². The van der Waals surface area contributed by atoms with Gasteiger partial charge >= 0.3 is 0 Å². The second-order valence-electron chi connectivity index (χ2n) is 5.26. The average Bonchev–Trinajstić information content (AvgIpc) is 2.50. The molecule has 0 heterocycles. The van der Waals surface area contributed by atoms with Crippen LogP contribution in [0.5, 0.6) is 23.0 Å². The molecule has 0 amide bonds. The van der Waals surface area contributed by atoms with Gasteiger partial charge in [0.25, 0.3) is 0 Å². The number of carbonyl (C=O) groups excluding carboxylic acids is 1. The Labute approximate surface area is 128 Å². The van der Waals surface area contributed by atoms with Gasteiger partial charge in [0, 0.05) is 17.5 Å².